The first-order valence-electron chi connectivity index (χ1n) is 7.33. The minimum atomic E-state index is -0.641. The van der Waals surface area contributed by atoms with Gasteiger partial charge in [0.15, 0.2) is 0 Å². The van der Waals surface area contributed by atoms with Gasteiger partial charge in [-0.3, -0.25) is 15.2 Å². The molecule has 0 spiro atoms. The van der Waals surface area contributed by atoms with Crippen LogP contribution in [0, 0.1) is 0 Å². The van der Waals surface area contributed by atoms with Gasteiger partial charge >= 0.3 is 6.09 Å². The highest BCUT2D eigenvalue weighted by atomic mass is 35.5. The standard InChI is InChI=1S/C16H19Cl2N3O3/c1-9(10-5-6-11(17)12(18)7-10)21-14(22)8-13(20-21)19-15(23)24-16(2,3)4/h5-9,20H,1-4H3,(H,19,23). The van der Waals surface area contributed by atoms with Crippen molar-refractivity contribution in [2.24, 2.45) is 0 Å². The third kappa shape index (κ3) is 4.55. The van der Waals surface area contributed by atoms with Crippen LogP contribution in [0.2, 0.25) is 10.0 Å². The lowest BCUT2D eigenvalue weighted by Crippen LogP contribution is -2.27. The van der Waals surface area contributed by atoms with Gasteiger partial charge in [-0.1, -0.05) is 29.3 Å². The molecule has 0 fully saturated rings. The van der Waals surface area contributed by atoms with Crippen LogP contribution in [0.4, 0.5) is 10.6 Å². The number of H-pyrrole nitrogens is 1. The van der Waals surface area contributed by atoms with E-state index in [4.69, 9.17) is 27.9 Å². The summed E-state index contributed by atoms with van der Waals surface area (Å²) in [5.41, 5.74) is -0.114. The van der Waals surface area contributed by atoms with Crippen molar-refractivity contribution in [2.75, 3.05) is 5.32 Å². The normalized spacial score (nSPS) is 12.8. The number of carbonyl (C=O) groups excluding carboxylic acids is 1. The van der Waals surface area contributed by atoms with Gasteiger partial charge in [0.1, 0.15) is 11.4 Å². The van der Waals surface area contributed by atoms with Crippen molar-refractivity contribution >= 4 is 35.1 Å². The molecule has 0 aliphatic rings. The fourth-order valence-corrected chi connectivity index (χ4v) is 2.40. The van der Waals surface area contributed by atoms with E-state index in [-0.39, 0.29) is 17.4 Å². The molecule has 130 valence electrons. The van der Waals surface area contributed by atoms with Gasteiger partial charge in [0, 0.05) is 6.07 Å². The summed E-state index contributed by atoms with van der Waals surface area (Å²) in [6.07, 6.45) is -0.641. The summed E-state index contributed by atoms with van der Waals surface area (Å²) in [4.78, 5) is 23.9. The molecule has 2 rings (SSSR count). The molecule has 1 atom stereocenters. The topological polar surface area (TPSA) is 76.1 Å². The monoisotopic (exact) mass is 371 g/mol. The molecule has 0 bridgehead atoms. The second-order valence-corrected chi connectivity index (χ2v) is 7.17. The third-order valence-electron chi connectivity index (χ3n) is 3.20. The molecule has 0 aliphatic carbocycles. The number of hydrogen-bond acceptors (Lipinski definition) is 3. The molecule has 1 amide bonds. The minimum absolute atomic E-state index is 0.251. The minimum Gasteiger partial charge on any atom is -0.444 e. The van der Waals surface area contributed by atoms with Crippen molar-refractivity contribution in [2.45, 2.75) is 39.3 Å². The first-order chi connectivity index (χ1) is 11.1. The van der Waals surface area contributed by atoms with Crippen LogP contribution in [-0.4, -0.2) is 21.5 Å². The van der Waals surface area contributed by atoms with Crippen LogP contribution in [0.5, 0.6) is 0 Å². The number of carbonyl (C=O) groups is 1. The molecule has 1 aromatic heterocycles. The molecule has 0 saturated heterocycles. The lowest BCUT2D eigenvalue weighted by Gasteiger charge is -2.19. The Kier molecular flexibility index (Phi) is 5.30. The number of aromatic nitrogens is 2. The van der Waals surface area contributed by atoms with E-state index >= 15 is 0 Å². The number of amides is 1. The number of ether oxygens (including phenoxy) is 1. The Morgan fingerprint density at radius 2 is 1.92 bits per heavy atom. The van der Waals surface area contributed by atoms with Crippen molar-refractivity contribution < 1.29 is 9.53 Å². The first kappa shape index (κ1) is 18.4. The second-order valence-electron chi connectivity index (χ2n) is 6.35. The zero-order valence-corrected chi connectivity index (χ0v) is 15.3. The highest BCUT2D eigenvalue weighted by Gasteiger charge is 2.18. The average molecular weight is 372 g/mol. The molecule has 1 unspecified atom stereocenters. The van der Waals surface area contributed by atoms with Crippen molar-refractivity contribution in [3.63, 3.8) is 0 Å². The van der Waals surface area contributed by atoms with Gasteiger partial charge in [-0.25, -0.2) is 9.48 Å². The lowest BCUT2D eigenvalue weighted by molar-refractivity contribution is 0.0635. The van der Waals surface area contributed by atoms with Gasteiger partial charge in [-0.2, -0.15) is 0 Å². The fraction of sp³-hybridized carbons (Fsp3) is 0.375. The first-order valence-corrected chi connectivity index (χ1v) is 8.09. The van der Waals surface area contributed by atoms with Crippen LogP contribution in [0.25, 0.3) is 0 Å². The van der Waals surface area contributed by atoms with Crippen LogP contribution < -0.4 is 10.9 Å². The SMILES string of the molecule is CC(c1ccc(Cl)c(Cl)c1)n1[nH]c(NC(=O)OC(C)(C)C)cc1=O. The van der Waals surface area contributed by atoms with Crippen LogP contribution >= 0.6 is 23.2 Å². The maximum absolute atomic E-state index is 12.2. The molecule has 1 heterocycles. The van der Waals surface area contributed by atoms with Crippen LogP contribution in [0.15, 0.2) is 29.1 Å². The molecule has 2 aromatic rings. The van der Waals surface area contributed by atoms with E-state index in [0.717, 1.165) is 5.56 Å². The summed E-state index contributed by atoms with van der Waals surface area (Å²) >= 11 is 11.9. The molecule has 0 radical (unpaired) electrons. The largest absolute Gasteiger partial charge is 0.444 e. The number of hydrogen-bond donors (Lipinski definition) is 2. The van der Waals surface area contributed by atoms with Crippen LogP contribution in [-0.2, 0) is 4.74 Å². The molecule has 0 saturated carbocycles. The second kappa shape index (κ2) is 6.91. The van der Waals surface area contributed by atoms with Gasteiger partial charge in [0.2, 0.25) is 0 Å². The quantitative estimate of drug-likeness (QED) is 0.836. The molecule has 2 N–H and O–H groups in total. The number of nitrogens with zero attached hydrogens (tertiary/aromatic N) is 1. The van der Waals surface area contributed by atoms with Crippen molar-refractivity contribution in [3.8, 4) is 0 Å². The van der Waals surface area contributed by atoms with E-state index < -0.39 is 11.7 Å². The molecular weight excluding hydrogens is 353 g/mol. The molecule has 1 aromatic carbocycles. The number of aromatic amines is 1. The fourth-order valence-electron chi connectivity index (χ4n) is 2.10. The highest BCUT2D eigenvalue weighted by molar-refractivity contribution is 6.42. The van der Waals surface area contributed by atoms with Crippen molar-refractivity contribution in [3.05, 3.63) is 50.2 Å². The van der Waals surface area contributed by atoms with Crippen LogP contribution in [0.1, 0.15) is 39.3 Å². The number of halogens is 2. The molecule has 8 heteroatoms. The van der Waals surface area contributed by atoms with E-state index in [1.807, 2.05) is 6.92 Å². The Balaban J connectivity index is 2.20. The summed E-state index contributed by atoms with van der Waals surface area (Å²) in [5, 5.41) is 6.20. The van der Waals surface area contributed by atoms with Gasteiger partial charge in [0.25, 0.3) is 5.56 Å². The average Bonchev–Trinajstić information content (AvgIpc) is 2.79. The van der Waals surface area contributed by atoms with E-state index in [0.29, 0.717) is 10.0 Å². The Morgan fingerprint density at radius 1 is 1.25 bits per heavy atom. The summed E-state index contributed by atoms with van der Waals surface area (Å²) in [5.74, 6) is 0.251. The van der Waals surface area contributed by atoms with E-state index in [2.05, 4.69) is 10.4 Å². The predicted octanol–water partition coefficient (Wildman–Crippen LogP) is 4.44. The molecule has 0 aliphatic heterocycles. The number of anilines is 1. The van der Waals surface area contributed by atoms with E-state index in [1.165, 1.54) is 10.7 Å². The summed E-state index contributed by atoms with van der Waals surface area (Å²) in [7, 11) is 0. The van der Waals surface area contributed by atoms with Gasteiger partial charge < -0.3 is 4.74 Å². The van der Waals surface area contributed by atoms with Crippen molar-refractivity contribution in [1.29, 1.82) is 0 Å². The third-order valence-corrected chi connectivity index (χ3v) is 3.93. The molecule has 6 nitrogen and oxygen atoms in total. The van der Waals surface area contributed by atoms with Crippen molar-refractivity contribution in [1.82, 2.24) is 9.78 Å². The maximum Gasteiger partial charge on any atom is 0.413 e. The van der Waals surface area contributed by atoms with Gasteiger partial charge in [-0.15, -0.1) is 0 Å². The summed E-state index contributed by atoms with van der Waals surface area (Å²) in [6.45, 7) is 7.10. The highest BCUT2D eigenvalue weighted by Crippen LogP contribution is 2.26. The van der Waals surface area contributed by atoms with E-state index in [9.17, 15) is 9.59 Å². The molecule has 24 heavy (non-hydrogen) atoms. The number of nitrogens with one attached hydrogen (secondary N) is 2. The van der Waals surface area contributed by atoms with Gasteiger partial charge in [-0.05, 0) is 45.4 Å². The number of rotatable bonds is 3. The summed E-state index contributed by atoms with van der Waals surface area (Å²) < 4.78 is 6.53. The zero-order valence-electron chi connectivity index (χ0n) is 13.8. The van der Waals surface area contributed by atoms with Gasteiger partial charge in [0.05, 0.1) is 16.1 Å². The number of benzene rings is 1. The lowest BCUT2D eigenvalue weighted by atomic mass is 10.1. The Hall–Kier alpha value is -1.92. The Morgan fingerprint density at radius 3 is 2.50 bits per heavy atom. The zero-order chi connectivity index (χ0) is 18.1. The summed E-state index contributed by atoms with van der Waals surface area (Å²) in [6, 6.07) is 6.12. The maximum atomic E-state index is 12.2. The Labute approximate surface area is 149 Å². The smallest absolute Gasteiger partial charge is 0.413 e. The molecular formula is C16H19Cl2N3O3. The van der Waals surface area contributed by atoms with Crippen LogP contribution in [0.3, 0.4) is 0 Å². The predicted molar refractivity (Wildman–Crippen MR) is 95.2 cm³/mol. The Bertz CT molecular complexity index is 806. The van der Waals surface area contributed by atoms with E-state index in [1.54, 1.807) is 39.0 Å².